The number of sulfonamides is 1. The molecule has 0 aliphatic rings. The normalized spacial score (nSPS) is 10.8. The first-order valence-electron chi connectivity index (χ1n) is 8.34. The van der Waals surface area contributed by atoms with Gasteiger partial charge in [-0.2, -0.15) is 5.26 Å². The van der Waals surface area contributed by atoms with E-state index in [4.69, 9.17) is 10.00 Å². The van der Waals surface area contributed by atoms with Crippen molar-refractivity contribution in [2.24, 2.45) is 0 Å². The number of nitrogens with one attached hydrogen (secondary N) is 1. The lowest BCUT2D eigenvalue weighted by Gasteiger charge is -2.10. The van der Waals surface area contributed by atoms with Gasteiger partial charge in [-0.05, 0) is 49.4 Å². The van der Waals surface area contributed by atoms with Gasteiger partial charge in [-0.3, -0.25) is 14.8 Å². The molecule has 0 bridgehead atoms. The lowest BCUT2D eigenvalue weighted by Crippen LogP contribution is -2.12. The van der Waals surface area contributed by atoms with Crippen molar-refractivity contribution in [2.45, 2.75) is 11.8 Å². The first-order valence-corrected chi connectivity index (χ1v) is 9.83. The third-order valence-electron chi connectivity index (χ3n) is 3.95. The number of hydrogen-bond acceptors (Lipinski definition) is 6. The highest BCUT2D eigenvalue weighted by atomic mass is 32.2. The van der Waals surface area contributed by atoms with E-state index in [9.17, 15) is 18.5 Å². The SMILES string of the molecule is Cc1ccc(S(=O)(=O)Nc2ccc(Oc3cc(C#N)ccc3[N+](=O)[O-])cc2)cc1. The summed E-state index contributed by atoms with van der Waals surface area (Å²) in [5.74, 6) is 0.170. The fourth-order valence-corrected chi connectivity index (χ4v) is 3.52. The third-order valence-corrected chi connectivity index (χ3v) is 5.35. The van der Waals surface area contributed by atoms with Crippen LogP contribution in [0.4, 0.5) is 11.4 Å². The molecule has 0 radical (unpaired) electrons. The second-order valence-corrected chi connectivity index (χ2v) is 7.78. The highest BCUT2D eigenvalue weighted by Crippen LogP contribution is 2.32. The van der Waals surface area contributed by atoms with E-state index in [-0.39, 0.29) is 27.6 Å². The molecule has 3 aromatic rings. The Morgan fingerprint density at radius 2 is 1.69 bits per heavy atom. The van der Waals surface area contributed by atoms with Crippen molar-refractivity contribution >= 4 is 21.4 Å². The van der Waals surface area contributed by atoms with E-state index in [0.29, 0.717) is 5.69 Å². The summed E-state index contributed by atoms with van der Waals surface area (Å²) in [6.45, 7) is 1.86. The van der Waals surface area contributed by atoms with Crippen molar-refractivity contribution in [3.63, 3.8) is 0 Å². The molecule has 146 valence electrons. The van der Waals surface area contributed by atoms with Crippen molar-refractivity contribution < 1.29 is 18.1 Å². The van der Waals surface area contributed by atoms with Crippen molar-refractivity contribution in [1.82, 2.24) is 0 Å². The van der Waals surface area contributed by atoms with Crippen LogP contribution in [-0.4, -0.2) is 13.3 Å². The molecule has 0 unspecified atom stereocenters. The van der Waals surface area contributed by atoms with Crippen molar-refractivity contribution in [3.8, 4) is 17.6 Å². The van der Waals surface area contributed by atoms with Gasteiger partial charge < -0.3 is 4.74 Å². The highest BCUT2D eigenvalue weighted by Gasteiger charge is 2.17. The maximum Gasteiger partial charge on any atom is 0.311 e. The quantitative estimate of drug-likeness (QED) is 0.476. The van der Waals surface area contributed by atoms with Crippen LogP contribution in [-0.2, 0) is 10.0 Å². The van der Waals surface area contributed by atoms with Crippen LogP contribution in [0.25, 0.3) is 0 Å². The van der Waals surface area contributed by atoms with Gasteiger partial charge in [-0.15, -0.1) is 0 Å². The summed E-state index contributed by atoms with van der Waals surface area (Å²) in [4.78, 5) is 10.7. The van der Waals surface area contributed by atoms with Gasteiger partial charge in [0, 0.05) is 17.8 Å². The Hall–Kier alpha value is -3.90. The molecule has 0 aliphatic heterocycles. The van der Waals surface area contributed by atoms with E-state index >= 15 is 0 Å². The van der Waals surface area contributed by atoms with E-state index in [1.54, 1.807) is 12.1 Å². The Bertz CT molecular complexity index is 1200. The summed E-state index contributed by atoms with van der Waals surface area (Å²) in [5.41, 5.74) is 1.18. The van der Waals surface area contributed by atoms with E-state index in [0.717, 1.165) is 5.56 Å². The summed E-state index contributed by atoms with van der Waals surface area (Å²) < 4.78 is 32.8. The highest BCUT2D eigenvalue weighted by molar-refractivity contribution is 7.92. The maximum absolute atomic E-state index is 12.4. The van der Waals surface area contributed by atoms with Crippen molar-refractivity contribution in [1.29, 1.82) is 5.26 Å². The van der Waals surface area contributed by atoms with E-state index in [1.807, 2.05) is 13.0 Å². The van der Waals surface area contributed by atoms with Gasteiger partial charge in [0.15, 0.2) is 0 Å². The second-order valence-electron chi connectivity index (χ2n) is 6.10. The molecule has 8 nitrogen and oxygen atoms in total. The predicted molar refractivity (Wildman–Crippen MR) is 106 cm³/mol. The Morgan fingerprint density at radius 3 is 2.28 bits per heavy atom. The largest absolute Gasteiger partial charge is 0.450 e. The van der Waals surface area contributed by atoms with Crippen molar-refractivity contribution in [2.75, 3.05) is 4.72 Å². The first kappa shape index (κ1) is 19.9. The molecule has 0 aromatic heterocycles. The van der Waals surface area contributed by atoms with Gasteiger partial charge in [0.2, 0.25) is 5.75 Å². The van der Waals surface area contributed by atoms with Crippen LogP contribution in [0.1, 0.15) is 11.1 Å². The topological polar surface area (TPSA) is 122 Å². The monoisotopic (exact) mass is 409 g/mol. The number of aryl methyl sites for hydroxylation is 1. The van der Waals surface area contributed by atoms with Crippen LogP contribution < -0.4 is 9.46 Å². The van der Waals surface area contributed by atoms with Crippen LogP contribution in [0.5, 0.6) is 11.5 Å². The molecule has 0 amide bonds. The zero-order chi connectivity index (χ0) is 21.0. The minimum Gasteiger partial charge on any atom is -0.450 e. The molecule has 3 rings (SSSR count). The average molecular weight is 409 g/mol. The summed E-state index contributed by atoms with van der Waals surface area (Å²) in [6, 6.07) is 18.0. The number of ether oxygens (including phenoxy) is 1. The maximum atomic E-state index is 12.4. The van der Waals surface area contributed by atoms with Crippen molar-refractivity contribution in [3.05, 3.63) is 88.0 Å². The second kappa shape index (κ2) is 8.00. The number of hydrogen-bond donors (Lipinski definition) is 1. The molecule has 1 N–H and O–H groups in total. The number of nitriles is 1. The molecule has 9 heteroatoms. The molecule has 29 heavy (non-hydrogen) atoms. The Labute approximate surface area is 167 Å². The molecule has 0 fully saturated rings. The van der Waals surface area contributed by atoms with Gasteiger partial charge in [-0.25, -0.2) is 8.42 Å². The molecule has 0 saturated heterocycles. The molecule has 0 heterocycles. The van der Waals surface area contributed by atoms with Crippen LogP contribution in [0.3, 0.4) is 0 Å². The van der Waals surface area contributed by atoms with Gasteiger partial charge in [0.1, 0.15) is 5.75 Å². The van der Waals surface area contributed by atoms with Crippen LogP contribution in [0.15, 0.2) is 71.6 Å². The van der Waals surface area contributed by atoms with Crippen LogP contribution >= 0.6 is 0 Å². The molecular formula is C20H15N3O5S. The summed E-state index contributed by atoms with van der Waals surface area (Å²) in [6.07, 6.45) is 0. The smallest absolute Gasteiger partial charge is 0.311 e. The third kappa shape index (κ3) is 4.69. The van der Waals surface area contributed by atoms with Crippen LogP contribution in [0.2, 0.25) is 0 Å². The lowest BCUT2D eigenvalue weighted by molar-refractivity contribution is -0.385. The van der Waals surface area contributed by atoms with E-state index in [1.165, 1.54) is 54.6 Å². The Kier molecular flexibility index (Phi) is 5.47. The minimum atomic E-state index is -3.74. The number of nitro benzene ring substituents is 1. The zero-order valence-corrected chi connectivity index (χ0v) is 16.0. The lowest BCUT2D eigenvalue weighted by atomic mass is 10.2. The van der Waals surface area contributed by atoms with Gasteiger partial charge >= 0.3 is 5.69 Å². The number of benzene rings is 3. The summed E-state index contributed by atoms with van der Waals surface area (Å²) in [5, 5.41) is 20.1. The standard InChI is InChI=1S/C20H15N3O5S/c1-14-2-9-18(10-3-14)29(26,27)22-16-5-7-17(8-6-16)28-20-12-15(13-21)4-11-19(20)23(24)25/h2-12,22H,1H3. The molecular weight excluding hydrogens is 394 g/mol. The number of nitrogens with zero attached hydrogens (tertiary/aromatic N) is 2. The first-order chi connectivity index (χ1) is 13.8. The fourth-order valence-electron chi connectivity index (χ4n) is 2.47. The van der Waals surface area contributed by atoms with E-state index in [2.05, 4.69) is 4.72 Å². The molecule has 3 aromatic carbocycles. The van der Waals surface area contributed by atoms with E-state index < -0.39 is 14.9 Å². The molecule has 0 atom stereocenters. The molecule has 0 spiro atoms. The fraction of sp³-hybridized carbons (Fsp3) is 0.0500. The number of nitro groups is 1. The predicted octanol–water partition coefficient (Wildman–Crippen LogP) is 4.37. The Morgan fingerprint density at radius 1 is 1.03 bits per heavy atom. The van der Waals surface area contributed by atoms with Gasteiger partial charge in [-0.1, -0.05) is 17.7 Å². The van der Waals surface area contributed by atoms with Gasteiger partial charge in [0.05, 0.1) is 21.5 Å². The molecule has 0 aliphatic carbocycles. The average Bonchev–Trinajstić information content (AvgIpc) is 2.69. The zero-order valence-electron chi connectivity index (χ0n) is 15.2. The van der Waals surface area contributed by atoms with Crippen LogP contribution in [0, 0.1) is 28.4 Å². The molecule has 0 saturated carbocycles. The number of rotatable bonds is 6. The van der Waals surface area contributed by atoms with Gasteiger partial charge in [0.25, 0.3) is 10.0 Å². The minimum absolute atomic E-state index is 0.0814. The Balaban J connectivity index is 1.80. The number of anilines is 1. The summed E-state index contributed by atoms with van der Waals surface area (Å²) >= 11 is 0. The summed E-state index contributed by atoms with van der Waals surface area (Å²) in [7, 11) is -3.74.